The molecule has 1 aromatic rings. The molecule has 1 unspecified atom stereocenters. The van der Waals surface area contributed by atoms with Gasteiger partial charge in [-0.3, -0.25) is 14.4 Å². The number of nitrogen functional groups attached to an aromatic ring is 1. The molecule has 0 aromatic carbocycles. The summed E-state index contributed by atoms with van der Waals surface area (Å²) in [5.41, 5.74) is 2.56. The minimum absolute atomic E-state index is 0. The molecule has 3 rings (SSSR count). The van der Waals surface area contributed by atoms with E-state index in [2.05, 4.69) is 25.0 Å². The number of aromatic nitrogens is 1. The number of nitrogens with zero attached hydrogens (tertiary/aromatic N) is 3. The van der Waals surface area contributed by atoms with Gasteiger partial charge in [0.15, 0.2) is 16.9 Å². The van der Waals surface area contributed by atoms with Gasteiger partial charge in [-0.1, -0.05) is 5.16 Å². The van der Waals surface area contributed by atoms with E-state index in [1.165, 1.54) is 5.38 Å². The number of carbonyl (C=O) groups excluding carboxylic acids is 5. The third-order valence-corrected chi connectivity index (χ3v) is 5.14. The smallest absolute Gasteiger partial charge is 0.544 e. The number of esters is 2. The number of carbonyl (C=O) groups is 5. The molecule has 0 aliphatic carbocycles. The zero-order chi connectivity index (χ0) is 23.6. The topological polar surface area (TPSA) is 212 Å². The summed E-state index contributed by atoms with van der Waals surface area (Å²) in [4.78, 5) is 75.0. The van der Waals surface area contributed by atoms with Crippen LogP contribution in [0.3, 0.4) is 0 Å². The van der Waals surface area contributed by atoms with E-state index in [1.807, 2.05) is 0 Å². The Hall–Kier alpha value is -2.79. The SMILES string of the molecule is CON=C(C(=O)N[C@@H]1C(=O)N(C2(C(=O)[O-])CCC(=O)O2)O[C@@H]1C(=O)OC)c1csc(N)n1.[Na+]. The molecule has 2 aliphatic heterocycles. The number of carboxylic acids is 1. The minimum Gasteiger partial charge on any atom is -0.544 e. The molecule has 2 saturated heterocycles. The average molecular weight is 493 g/mol. The summed E-state index contributed by atoms with van der Waals surface area (Å²) < 4.78 is 9.35. The molecule has 33 heavy (non-hydrogen) atoms. The number of methoxy groups -OCH3 is 1. The van der Waals surface area contributed by atoms with Crippen LogP contribution < -0.4 is 45.7 Å². The van der Waals surface area contributed by atoms with Crippen LogP contribution in [0, 0.1) is 0 Å². The Morgan fingerprint density at radius 3 is 2.58 bits per heavy atom. The first-order chi connectivity index (χ1) is 15.1. The number of oxime groups is 1. The molecule has 0 saturated carbocycles. The van der Waals surface area contributed by atoms with Crippen LogP contribution in [0.15, 0.2) is 10.5 Å². The number of hydroxylamine groups is 2. The van der Waals surface area contributed by atoms with E-state index in [0.29, 0.717) is 0 Å². The number of cyclic esters (lactones) is 1. The molecule has 3 heterocycles. The van der Waals surface area contributed by atoms with Crippen molar-refractivity contribution in [2.75, 3.05) is 20.0 Å². The van der Waals surface area contributed by atoms with Crippen molar-refractivity contribution in [2.24, 2.45) is 5.16 Å². The van der Waals surface area contributed by atoms with E-state index in [4.69, 9.17) is 15.3 Å². The van der Waals surface area contributed by atoms with Gasteiger partial charge >= 0.3 is 41.5 Å². The van der Waals surface area contributed by atoms with Crippen LogP contribution >= 0.6 is 11.3 Å². The predicted octanol–water partition coefficient (Wildman–Crippen LogP) is -6.34. The third-order valence-electron chi connectivity index (χ3n) is 4.47. The Morgan fingerprint density at radius 1 is 1.39 bits per heavy atom. The van der Waals surface area contributed by atoms with E-state index in [0.717, 1.165) is 25.6 Å². The van der Waals surface area contributed by atoms with Crippen LogP contribution in [-0.4, -0.2) is 77.6 Å². The molecule has 15 nitrogen and oxygen atoms in total. The molecule has 3 atom stereocenters. The fourth-order valence-corrected chi connectivity index (χ4v) is 3.56. The first kappa shape index (κ1) is 26.5. The number of aliphatic carboxylic acids is 1. The van der Waals surface area contributed by atoms with Crippen LogP contribution in [-0.2, 0) is 43.1 Å². The number of nitrogens with one attached hydrogen (secondary N) is 1. The number of amides is 2. The molecular formula is C16H16N5NaO10S. The van der Waals surface area contributed by atoms with E-state index in [9.17, 15) is 29.1 Å². The number of thiazole rings is 1. The third kappa shape index (κ3) is 4.93. The van der Waals surface area contributed by atoms with E-state index in [1.54, 1.807) is 0 Å². The van der Waals surface area contributed by atoms with Gasteiger partial charge in [0.25, 0.3) is 17.5 Å². The number of rotatable bonds is 7. The van der Waals surface area contributed by atoms with Gasteiger partial charge in [0.05, 0.1) is 13.5 Å². The molecule has 1 aromatic heterocycles. The fraction of sp³-hybridized carbons (Fsp3) is 0.438. The molecule has 2 fully saturated rings. The van der Waals surface area contributed by atoms with Crippen molar-refractivity contribution in [1.82, 2.24) is 15.4 Å². The second-order valence-corrected chi connectivity index (χ2v) is 7.26. The van der Waals surface area contributed by atoms with Crippen molar-refractivity contribution >= 4 is 51.9 Å². The van der Waals surface area contributed by atoms with Crippen molar-refractivity contribution in [2.45, 2.75) is 30.7 Å². The second-order valence-electron chi connectivity index (χ2n) is 6.37. The Labute approximate surface area is 211 Å². The number of carboxylic acid groups (broad SMARTS) is 1. The first-order valence-electron chi connectivity index (χ1n) is 8.80. The van der Waals surface area contributed by atoms with Crippen LogP contribution in [0.5, 0.6) is 0 Å². The standard InChI is InChI=1S/C16H17N5O10S.Na/c1-28-13(25)10-9(19-11(23)8(20-29-2)6-5-32-15(17)18-6)12(24)21(31-10)16(14(26)27)4-3-7(22)30-16;/h5,9-10H,3-4H2,1-2H3,(H2,17,18)(H,19,23)(H,26,27);/q;+1/p-1/t9-,10-,16?;/m0./s1. The van der Waals surface area contributed by atoms with Gasteiger partial charge in [0, 0.05) is 11.8 Å². The van der Waals surface area contributed by atoms with Crippen molar-refractivity contribution in [1.29, 1.82) is 0 Å². The monoisotopic (exact) mass is 493 g/mol. The largest absolute Gasteiger partial charge is 1.00 e. The minimum atomic E-state index is -2.62. The van der Waals surface area contributed by atoms with E-state index >= 15 is 0 Å². The molecule has 2 amide bonds. The fourth-order valence-electron chi connectivity index (χ4n) is 3.01. The van der Waals surface area contributed by atoms with Gasteiger partial charge in [-0.25, -0.2) is 14.6 Å². The predicted molar refractivity (Wildman–Crippen MR) is 98.8 cm³/mol. The number of nitrogens with two attached hydrogens (primary N) is 1. The van der Waals surface area contributed by atoms with Gasteiger partial charge in [-0.2, -0.15) is 5.06 Å². The maximum Gasteiger partial charge on any atom is 1.00 e. The number of ether oxygens (including phenoxy) is 2. The molecular weight excluding hydrogens is 477 g/mol. The maximum atomic E-state index is 13.0. The van der Waals surface area contributed by atoms with Gasteiger partial charge in [0.1, 0.15) is 18.8 Å². The number of anilines is 1. The molecule has 0 radical (unpaired) electrons. The molecule has 2 aliphatic rings. The first-order valence-corrected chi connectivity index (χ1v) is 9.68. The maximum absolute atomic E-state index is 13.0. The van der Waals surface area contributed by atoms with E-state index < -0.39 is 59.7 Å². The number of hydrogen-bond acceptors (Lipinski definition) is 14. The number of hydrogen-bond donors (Lipinski definition) is 2. The van der Waals surface area contributed by atoms with E-state index in [-0.39, 0.29) is 51.9 Å². The van der Waals surface area contributed by atoms with Crippen LogP contribution in [0.1, 0.15) is 18.5 Å². The zero-order valence-corrected chi connectivity index (χ0v) is 20.4. The molecule has 0 spiro atoms. The van der Waals surface area contributed by atoms with Crippen molar-refractivity contribution in [3.8, 4) is 0 Å². The Bertz CT molecular complexity index is 1020. The summed E-state index contributed by atoms with van der Waals surface area (Å²) in [6.07, 6.45) is -2.66. The Balaban J connectivity index is 0.00000385. The van der Waals surface area contributed by atoms with Gasteiger partial charge in [-0.05, 0) is 0 Å². The normalized spacial score (nSPS) is 24.7. The van der Waals surface area contributed by atoms with Crippen molar-refractivity contribution in [3.05, 3.63) is 11.1 Å². The Kier molecular flexibility index (Phi) is 8.36. The van der Waals surface area contributed by atoms with Gasteiger partial charge in [-0.15, -0.1) is 11.3 Å². The molecule has 17 heteroatoms. The Morgan fingerprint density at radius 2 is 2.09 bits per heavy atom. The second kappa shape index (κ2) is 10.4. The van der Waals surface area contributed by atoms with Crippen molar-refractivity contribution in [3.63, 3.8) is 0 Å². The molecule has 3 N–H and O–H groups in total. The summed E-state index contributed by atoms with van der Waals surface area (Å²) in [7, 11) is 2.14. The van der Waals surface area contributed by atoms with Gasteiger partial charge in [0.2, 0.25) is 6.10 Å². The molecule has 172 valence electrons. The van der Waals surface area contributed by atoms with Crippen molar-refractivity contribution < 1.29 is 77.8 Å². The van der Waals surface area contributed by atoms with Crippen LogP contribution in [0.25, 0.3) is 0 Å². The summed E-state index contributed by atoms with van der Waals surface area (Å²) in [6.45, 7) is 0. The molecule has 0 bridgehead atoms. The average Bonchev–Trinajstić information content (AvgIpc) is 3.44. The van der Waals surface area contributed by atoms with Gasteiger partial charge < -0.3 is 35.3 Å². The summed E-state index contributed by atoms with van der Waals surface area (Å²) in [5.74, 6) is -6.23. The van der Waals surface area contributed by atoms with Crippen LogP contribution in [0.2, 0.25) is 0 Å². The zero-order valence-electron chi connectivity index (χ0n) is 17.6. The van der Waals surface area contributed by atoms with Crippen LogP contribution in [0.4, 0.5) is 5.13 Å². The quantitative estimate of drug-likeness (QED) is 0.157. The summed E-state index contributed by atoms with van der Waals surface area (Å²) in [6, 6.07) is -1.77. The summed E-state index contributed by atoms with van der Waals surface area (Å²) in [5, 5.41) is 19.2. The summed E-state index contributed by atoms with van der Waals surface area (Å²) >= 11 is 1.00.